The fraction of sp³-hybridized carbons (Fsp3) is 0.0556. The second kappa shape index (κ2) is 6.87. The molecule has 0 spiro atoms. The van der Waals surface area contributed by atoms with E-state index >= 15 is 0 Å². The number of amides is 1. The van der Waals surface area contributed by atoms with Crippen molar-refractivity contribution in [1.29, 1.82) is 0 Å². The second-order valence-corrected chi connectivity index (χ2v) is 5.19. The van der Waals surface area contributed by atoms with E-state index in [0.29, 0.717) is 11.5 Å². The average Bonchev–Trinajstić information content (AvgIpc) is 2.57. The zero-order valence-electron chi connectivity index (χ0n) is 13.0. The molecule has 2 aromatic carbocycles. The molecule has 2 N–H and O–H groups in total. The molecule has 0 radical (unpaired) electrons. The number of anilines is 3. The van der Waals surface area contributed by atoms with Gasteiger partial charge in [-0.2, -0.15) is 0 Å². The lowest BCUT2D eigenvalue weighted by Gasteiger charge is -2.09. The number of hydrogen-bond acceptors (Lipinski definition) is 4. The largest absolute Gasteiger partial charge is 0.340 e. The Labute approximate surface area is 138 Å². The normalized spacial score (nSPS) is 10.2. The molecule has 0 aliphatic carbocycles. The third kappa shape index (κ3) is 3.73. The highest BCUT2D eigenvalue weighted by molar-refractivity contribution is 6.03. The van der Waals surface area contributed by atoms with Crippen LogP contribution in [0.15, 0.2) is 60.9 Å². The van der Waals surface area contributed by atoms with Gasteiger partial charge >= 0.3 is 0 Å². The predicted molar refractivity (Wildman–Crippen MR) is 90.8 cm³/mol. The lowest BCUT2D eigenvalue weighted by molar-refractivity contribution is 0.102. The minimum atomic E-state index is -0.355. The van der Waals surface area contributed by atoms with Crippen molar-refractivity contribution < 1.29 is 9.18 Å². The summed E-state index contributed by atoms with van der Waals surface area (Å²) in [5.74, 6) is -0.286. The SMILES string of the molecule is Cc1ccccc1NC(=O)c1cc(Nc2cccc(F)c2)ncn1. The maximum absolute atomic E-state index is 13.2. The number of aryl methyl sites for hydroxylation is 1. The Morgan fingerprint density at radius 2 is 1.88 bits per heavy atom. The van der Waals surface area contributed by atoms with Gasteiger partial charge in [-0.05, 0) is 36.8 Å². The third-order valence-corrected chi connectivity index (χ3v) is 3.39. The summed E-state index contributed by atoms with van der Waals surface area (Å²) in [5, 5.41) is 5.75. The van der Waals surface area contributed by atoms with Crippen molar-refractivity contribution in [2.75, 3.05) is 10.6 Å². The van der Waals surface area contributed by atoms with E-state index in [9.17, 15) is 9.18 Å². The number of aromatic nitrogens is 2. The van der Waals surface area contributed by atoms with Gasteiger partial charge in [-0.15, -0.1) is 0 Å². The topological polar surface area (TPSA) is 66.9 Å². The van der Waals surface area contributed by atoms with Crippen LogP contribution in [-0.2, 0) is 0 Å². The highest BCUT2D eigenvalue weighted by Gasteiger charge is 2.10. The maximum Gasteiger partial charge on any atom is 0.274 e. The third-order valence-electron chi connectivity index (χ3n) is 3.39. The molecule has 0 saturated heterocycles. The van der Waals surface area contributed by atoms with Crippen molar-refractivity contribution in [2.45, 2.75) is 6.92 Å². The summed E-state index contributed by atoms with van der Waals surface area (Å²) in [6, 6.07) is 15.0. The molecule has 1 amide bonds. The van der Waals surface area contributed by atoms with E-state index in [1.807, 2.05) is 31.2 Å². The predicted octanol–water partition coefficient (Wildman–Crippen LogP) is 3.92. The van der Waals surface area contributed by atoms with Gasteiger partial charge in [0.25, 0.3) is 5.91 Å². The molecule has 0 atom stereocenters. The van der Waals surface area contributed by atoms with Crippen LogP contribution in [0.2, 0.25) is 0 Å². The van der Waals surface area contributed by atoms with Crippen LogP contribution in [0.3, 0.4) is 0 Å². The van der Waals surface area contributed by atoms with Crippen LogP contribution >= 0.6 is 0 Å². The zero-order valence-corrected chi connectivity index (χ0v) is 13.0. The highest BCUT2D eigenvalue weighted by Crippen LogP contribution is 2.17. The minimum Gasteiger partial charge on any atom is -0.340 e. The monoisotopic (exact) mass is 322 g/mol. The van der Waals surface area contributed by atoms with E-state index in [2.05, 4.69) is 20.6 Å². The molecule has 120 valence electrons. The van der Waals surface area contributed by atoms with E-state index in [1.54, 1.807) is 12.1 Å². The van der Waals surface area contributed by atoms with Crippen molar-refractivity contribution in [3.8, 4) is 0 Å². The number of rotatable bonds is 4. The summed E-state index contributed by atoms with van der Waals surface area (Å²) < 4.78 is 13.2. The fourth-order valence-electron chi connectivity index (χ4n) is 2.16. The molecule has 6 heteroatoms. The van der Waals surface area contributed by atoms with Crippen LogP contribution in [0.1, 0.15) is 16.1 Å². The summed E-state index contributed by atoms with van der Waals surface area (Å²) >= 11 is 0. The van der Waals surface area contributed by atoms with Crippen molar-refractivity contribution in [3.63, 3.8) is 0 Å². The van der Waals surface area contributed by atoms with Crippen molar-refractivity contribution in [1.82, 2.24) is 9.97 Å². The van der Waals surface area contributed by atoms with Crippen LogP contribution in [-0.4, -0.2) is 15.9 Å². The molecular weight excluding hydrogens is 307 g/mol. The molecular formula is C18H15FN4O. The standard InChI is InChI=1S/C18H15FN4O/c1-12-5-2-3-8-15(12)23-18(24)16-10-17(21-11-20-16)22-14-7-4-6-13(19)9-14/h2-11H,1H3,(H,23,24)(H,20,21,22). The first kappa shape index (κ1) is 15.6. The Kier molecular flexibility index (Phi) is 4.47. The van der Waals surface area contributed by atoms with E-state index in [1.165, 1.54) is 24.5 Å². The molecule has 0 aliphatic heterocycles. The molecule has 0 bridgehead atoms. The second-order valence-electron chi connectivity index (χ2n) is 5.19. The number of para-hydroxylation sites is 1. The molecule has 0 saturated carbocycles. The Balaban J connectivity index is 1.77. The Hall–Kier alpha value is -3.28. The molecule has 24 heavy (non-hydrogen) atoms. The molecule has 0 aliphatic rings. The van der Waals surface area contributed by atoms with Gasteiger partial charge in [0.1, 0.15) is 23.7 Å². The number of hydrogen-bond donors (Lipinski definition) is 2. The van der Waals surface area contributed by atoms with Crippen molar-refractivity contribution in [3.05, 3.63) is 78.0 Å². The summed E-state index contributed by atoms with van der Waals surface area (Å²) in [4.78, 5) is 20.4. The smallest absolute Gasteiger partial charge is 0.274 e. The number of halogens is 1. The van der Waals surface area contributed by atoms with Gasteiger partial charge in [0.15, 0.2) is 0 Å². The van der Waals surface area contributed by atoms with Gasteiger partial charge in [0, 0.05) is 17.4 Å². The first-order valence-corrected chi connectivity index (χ1v) is 7.33. The molecule has 3 aromatic rings. The fourth-order valence-corrected chi connectivity index (χ4v) is 2.16. The van der Waals surface area contributed by atoms with Gasteiger partial charge in [-0.3, -0.25) is 4.79 Å². The Bertz CT molecular complexity index is 882. The Morgan fingerprint density at radius 3 is 2.67 bits per heavy atom. The molecule has 0 fully saturated rings. The first-order chi connectivity index (χ1) is 11.6. The lowest BCUT2D eigenvalue weighted by Crippen LogP contribution is -2.15. The molecule has 3 rings (SSSR count). The lowest BCUT2D eigenvalue weighted by atomic mass is 10.2. The van der Waals surface area contributed by atoms with Crippen LogP contribution in [0.4, 0.5) is 21.6 Å². The number of nitrogens with zero attached hydrogens (tertiary/aromatic N) is 2. The van der Waals surface area contributed by atoms with Crippen LogP contribution in [0, 0.1) is 12.7 Å². The van der Waals surface area contributed by atoms with Crippen LogP contribution in [0.25, 0.3) is 0 Å². The van der Waals surface area contributed by atoms with E-state index in [0.717, 1.165) is 11.3 Å². The van der Waals surface area contributed by atoms with E-state index in [-0.39, 0.29) is 17.4 Å². The summed E-state index contributed by atoms with van der Waals surface area (Å²) in [6.45, 7) is 1.91. The quantitative estimate of drug-likeness (QED) is 0.764. The number of nitrogens with one attached hydrogen (secondary N) is 2. The maximum atomic E-state index is 13.2. The van der Waals surface area contributed by atoms with Crippen LogP contribution in [0.5, 0.6) is 0 Å². The number of benzene rings is 2. The van der Waals surface area contributed by atoms with Gasteiger partial charge in [0.05, 0.1) is 0 Å². The molecule has 1 aromatic heterocycles. The average molecular weight is 322 g/mol. The zero-order chi connectivity index (χ0) is 16.9. The Morgan fingerprint density at radius 1 is 1.04 bits per heavy atom. The number of carbonyl (C=O) groups is 1. The molecule has 5 nitrogen and oxygen atoms in total. The van der Waals surface area contributed by atoms with E-state index < -0.39 is 0 Å². The molecule has 0 unspecified atom stereocenters. The van der Waals surface area contributed by atoms with Crippen molar-refractivity contribution in [2.24, 2.45) is 0 Å². The van der Waals surface area contributed by atoms with Crippen molar-refractivity contribution >= 4 is 23.1 Å². The van der Waals surface area contributed by atoms with Gasteiger partial charge in [-0.25, -0.2) is 14.4 Å². The van der Waals surface area contributed by atoms with Gasteiger partial charge < -0.3 is 10.6 Å². The van der Waals surface area contributed by atoms with E-state index in [4.69, 9.17) is 0 Å². The van der Waals surface area contributed by atoms with Crippen LogP contribution < -0.4 is 10.6 Å². The summed E-state index contributed by atoms with van der Waals surface area (Å²) in [6.07, 6.45) is 1.29. The molecule has 1 heterocycles. The van der Waals surface area contributed by atoms with Gasteiger partial charge in [0.2, 0.25) is 0 Å². The minimum absolute atomic E-state index is 0.215. The van der Waals surface area contributed by atoms with Gasteiger partial charge in [-0.1, -0.05) is 24.3 Å². The highest BCUT2D eigenvalue weighted by atomic mass is 19.1. The first-order valence-electron chi connectivity index (χ1n) is 7.33. The summed E-state index contributed by atoms with van der Waals surface area (Å²) in [7, 11) is 0. The summed E-state index contributed by atoms with van der Waals surface area (Å²) in [5.41, 5.74) is 2.44. The number of carbonyl (C=O) groups excluding carboxylic acids is 1.